The lowest BCUT2D eigenvalue weighted by Gasteiger charge is -2.05. The zero-order chi connectivity index (χ0) is 19.5. The summed E-state index contributed by atoms with van der Waals surface area (Å²) in [5.41, 5.74) is 5.80. The molecule has 0 saturated heterocycles. The maximum absolute atomic E-state index is 13.2. The number of hydrogen-bond acceptors (Lipinski definition) is 1. The van der Waals surface area contributed by atoms with Crippen LogP contribution in [0.4, 0.5) is 4.39 Å². The monoisotopic (exact) mass is 366 g/mol. The van der Waals surface area contributed by atoms with Crippen LogP contribution in [0.25, 0.3) is 22.6 Å². The normalized spacial score (nSPS) is 11.5. The molecule has 3 aromatic carbocycles. The molecule has 2 nitrogen and oxygen atoms in total. The summed E-state index contributed by atoms with van der Waals surface area (Å²) in [4.78, 5) is 0. The molecule has 136 valence electrons. The molecule has 0 aliphatic rings. The zero-order valence-electron chi connectivity index (χ0n) is 15.6. The first-order chi connectivity index (χ1) is 13.6. The molecule has 0 amide bonds. The highest BCUT2D eigenvalue weighted by atomic mass is 19.1. The third-order valence-electron chi connectivity index (χ3n) is 4.87. The van der Waals surface area contributed by atoms with E-state index in [1.54, 1.807) is 12.1 Å². The Morgan fingerprint density at radius 2 is 1.71 bits per heavy atom. The Morgan fingerprint density at radius 1 is 1.00 bits per heavy atom. The first-order valence-electron chi connectivity index (χ1n) is 9.15. The van der Waals surface area contributed by atoms with E-state index in [0.29, 0.717) is 12.1 Å². The predicted octanol–water partition coefficient (Wildman–Crippen LogP) is 6.20. The molecule has 4 rings (SSSR count). The molecule has 1 aromatic heterocycles. The maximum atomic E-state index is 13.2. The molecular weight excluding hydrogens is 347 g/mol. The van der Waals surface area contributed by atoms with Crippen LogP contribution in [0.3, 0.4) is 0 Å². The molecule has 3 heteroatoms. The van der Waals surface area contributed by atoms with Gasteiger partial charge in [0, 0.05) is 29.2 Å². The Balaban J connectivity index is 1.78. The van der Waals surface area contributed by atoms with Gasteiger partial charge in [-0.05, 0) is 42.3 Å². The van der Waals surface area contributed by atoms with E-state index in [0.717, 1.165) is 33.2 Å². The Bertz CT molecular complexity index is 1190. The first-order valence-corrected chi connectivity index (χ1v) is 9.15. The molecule has 0 saturated carbocycles. The van der Waals surface area contributed by atoms with Gasteiger partial charge in [-0.2, -0.15) is 5.26 Å². The third-order valence-corrected chi connectivity index (χ3v) is 4.87. The van der Waals surface area contributed by atoms with E-state index < -0.39 is 0 Å². The quantitative estimate of drug-likeness (QED) is 0.395. The van der Waals surface area contributed by atoms with Gasteiger partial charge in [0.1, 0.15) is 5.82 Å². The summed E-state index contributed by atoms with van der Waals surface area (Å²) in [7, 11) is 0. The van der Waals surface area contributed by atoms with Gasteiger partial charge in [-0.25, -0.2) is 4.39 Å². The second kappa shape index (κ2) is 7.54. The second-order valence-electron chi connectivity index (χ2n) is 6.89. The molecule has 0 aliphatic carbocycles. The topological polar surface area (TPSA) is 28.7 Å². The van der Waals surface area contributed by atoms with Crippen molar-refractivity contribution >= 4 is 22.6 Å². The number of para-hydroxylation sites is 1. The van der Waals surface area contributed by atoms with Gasteiger partial charge in [0.25, 0.3) is 0 Å². The number of hydrogen-bond donors (Lipinski definition) is 0. The second-order valence-corrected chi connectivity index (χ2v) is 6.89. The number of nitriles is 1. The standard InChI is InChI=1S/C25H19FN2/c1-18-6-10-20(11-7-18)21(15-27)14-22-17-28(25-5-3-2-4-24(22)25)16-19-8-12-23(26)13-9-19/h2-14,17H,16H2,1H3/b21-14+. The van der Waals surface area contributed by atoms with E-state index in [1.807, 2.05) is 49.4 Å². The van der Waals surface area contributed by atoms with E-state index >= 15 is 0 Å². The van der Waals surface area contributed by atoms with Crippen molar-refractivity contribution in [2.45, 2.75) is 13.5 Å². The van der Waals surface area contributed by atoms with Crippen LogP contribution in [0.2, 0.25) is 0 Å². The molecule has 0 spiro atoms. The van der Waals surface area contributed by atoms with E-state index in [1.165, 1.54) is 12.1 Å². The molecule has 0 aliphatic heterocycles. The molecule has 1 heterocycles. The van der Waals surface area contributed by atoms with Crippen molar-refractivity contribution in [2.75, 3.05) is 0 Å². The Hall–Kier alpha value is -3.64. The van der Waals surface area contributed by atoms with Crippen LogP contribution in [0, 0.1) is 24.1 Å². The van der Waals surface area contributed by atoms with E-state index in [-0.39, 0.29) is 5.82 Å². The average molecular weight is 366 g/mol. The van der Waals surface area contributed by atoms with Crippen LogP contribution in [0.1, 0.15) is 22.3 Å². The van der Waals surface area contributed by atoms with Crippen LogP contribution in [0.5, 0.6) is 0 Å². The van der Waals surface area contributed by atoms with Crippen molar-refractivity contribution in [1.82, 2.24) is 4.57 Å². The molecule has 0 atom stereocenters. The summed E-state index contributed by atoms with van der Waals surface area (Å²) in [6, 6.07) is 25.0. The molecule has 4 aromatic rings. The van der Waals surface area contributed by atoms with Gasteiger partial charge in [-0.15, -0.1) is 0 Å². The van der Waals surface area contributed by atoms with Gasteiger partial charge >= 0.3 is 0 Å². The highest BCUT2D eigenvalue weighted by molar-refractivity contribution is 5.98. The summed E-state index contributed by atoms with van der Waals surface area (Å²) >= 11 is 0. The van der Waals surface area contributed by atoms with Gasteiger partial charge < -0.3 is 4.57 Å². The van der Waals surface area contributed by atoms with Gasteiger partial charge in [0.2, 0.25) is 0 Å². The van der Waals surface area contributed by atoms with E-state index in [4.69, 9.17) is 0 Å². The van der Waals surface area contributed by atoms with Crippen molar-refractivity contribution in [2.24, 2.45) is 0 Å². The molecule has 0 unspecified atom stereocenters. The lowest BCUT2D eigenvalue weighted by atomic mass is 10.0. The number of allylic oxidation sites excluding steroid dienone is 1. The zero-order valence-corrected chi connectivity index (χ0v) is 15.6. The van der Waals surface area contributed by atoms with Crippen LogP contribution in [0.15, 0.2) is 79.0 Å². The molecule has 0 radical (unpaired) electrons. The van der Waals surface area contributed by atoms with Crippen molar-refractivity contribution in [3.05, 3.63) is 107 Å². The van der Waals surface area contributed by atoms with Crippen LogP contribution < -0.4 is 0 Å². The molecule has 0 bridgehead atoms. The largest absolute Gasteiger partial charge is 0.342 e. The first kappa shape index (κ1) is 17.8. The number of aromatic nitrogens is 1. The number of benzene rings is 3. The SMILES string of the molecule is Cc1ccc(/C(C#N)=C/c2cn(Cc3ccc(F)cc3)c3ccccc23)cc1. The van der Waals surface area contributed by atoms with Gasteiger partial charge in [0.15, 0.2) is 0 Å². The third kappa shape index (κ3) is 3.58. The van der Waals surface area contributed by atoms with Crippen molar-refractivity contribution < 1.29 is 4.39 Å². The van der Waals surface area contributed by atoms with Crippen molar-refractivity contribution in [3.8, 4) is 6.07 Å². The molecule has 28 heavy (non-hydrogen) atoms. The van der Waals surface area contributed by atoms with Gasteiger partial charge in [-0.1, -0.05) is 60.2 Å². The number of rotatable bonds is 4. The average Bonchev–Trinajstić information content (AvgIpc) is 3.06. The number of nitrogens with zero attached hydrogens (tertiary/aromatic N) is 2. The summed E-state index contributed by atoms with van der Waals surface area (Å²) in [6.45, 7) is 2.67. The smallest absolute Gasteiger partial charge is 0.123 e. The number of aryl methyl sites for hydroxylation is 1. The van der Waals surface area contributed by atoms with Gasteiger partial charge in [0.05, 0.1) is 11.6 Å². The van der Waals surface area contributed by atoms with Crippen LogP contribution >= 0.6 is 0 Å². The Labute approximate surface area is 163 Å². The van der Waals surface area contributed by atoms with Crippen LogP contribution in [-0.2, 0) is 6.54 Å². The van der Waals surface area contributed by atoms with Crippen molar-refractivity contribution in [1.29, 1.82) is 5.26 Å². The lowest BCUT2D eigenvalue weighted by Crippen LogP contribution is -1.97. The molecular formula is C25H19FN2. The maximum Gasteiger partial charge on any atom is 0.123 e. The van der Waals surface area contributed by atoms with E-state index in [2.05, 4.69) is 29.0 Å². The highest BCUT2D eigenvalue weighted by Crippen LogP contribution is 2.27. The fourth-order valence-corrected chi connectivity index (χ4v) is 3.38. The molecule has 0 N–H and O–H groups in total. The number of fused-ring (bicyclic) bond motifs is 1. The summed E-state index contributed by atoms with van der Waals surface area (Å²) < 4.78 is 15.3. The van der Waals surface area contributed by atoms with Crippen LogP contribution in [-0.4, -0.2) is 4.57 Å². The van der Waals surface area contributed by atoms with Crippen molar-refractivity contribution in [3.63, 3.8) is 0 Å². The fourth-order valence-electron chi connectivity index (χ4n) is 3.38. The Kier molecular flexibility index (Phi) is 4.78. The minimum absolute atomic E-state index is 0.235. The molecule has 0 fully saturated rings. The minimum Gasteiger partial charge on any atom is -0.342 e. The predicted molar refractivity (Wildman–Crippen MR) is 112 cm³/mol. The minimum atomic E-state index is -0.235. The highest BCUT2D eigenvalue weighted by Gasteiger charge is 2.09. The number of halogens is 1. The fraction of sp³-hybridized carbons (Fsp3) is 0.0800. The summed E-state index contributed by atoms with van der Waals surface area (Å²) in [6.07, 6.45) is 3.99. The lowest BCUT2D eigenvalue weighted by molar-refractivity contribution is 0.626. The Morgan fingerprint density at radius 3 is 2.43 bits per heavy atom. The van der Waals surface area contributed by atoms with Gasteiger partial charge in [-0.3, -0.25) is 0 Å². The summed E-state index contributed by atoms with van der Waals surface area (Å²) in [5.74, 6) is -0.235. The summed E-state index contributed by atoms with van der Waals surface area (Å²) in [5, 5.41) is 10.8. The van der Waals surface area contributed by atoms with E-state index in [9.17, 15) is 9.65 Å².